The minimum atomic E-state index is -0.0915. The van der Waals surface area contributed by atoms with Gasteiger partial charge in [0, 0.05) is 38.7 Å². The molecule has 1 aromatic rings. The lowest BCUT2D eigenvalue weighted by Crippen LogP contribution is -2.41. The molecule has 1 saturated heterocycles. The van der Waals surface area contributed by atoms with Crippen LogP contribution in [0.3, 0.4) is 0 Å². The van der Waals surface area contributed by atoms with E-state index in [0.29, 0.717) is 17.1 Å². The van der Waals surface area contributed by atoms with Crippen LogP contribution in [-0.2, 0) is 4.79 Å². The van der Waals surface area contributed by atoms with Crippen LogP contribution in [0.15, 0.2) is 90.6 Å². The van der Waals surface area contributed by atoms with Gasteiger partial charge in [0.15, 0.2) is 0 Å². The van der Waals surface area contributed by atoms with Crippen LogP contribution in [0.1, 0.15) is 6.92 Å². The summed E-state index contributed by atoms with van der Waals surface area (Å²) in [6.45, 7) is 9.87. The molecule has 0 bridgehead atoms. The monoisotopic (exact) mass is 335 g/mol. The lowest BCUT2D eigenvalue weighted by Gasteiger charge is -2.36. The van der Waals surface area contributed by atoms with Crippen molar-refractivity contribution in [1.82, 2.24) is 9.80 Å². The highest BCUT2D eigenvalue weighted by Gasteiger charge is 2.29. The SMILES string of the molecule is C=C1\C(=C/C(C)=C/C=C/N(C)c2ccccc2)C(=O)N(C)C(=C)N1C. The second-order valence-electron chi connectivity index (χ2n) is 6.04. The van der Waals surface area contributed by atoms with Crippen LogP contribution in [0.4, 0.5) is 5.69 Å². The van der Waals surface area contributed by atoms with E-state index in [9.17, 15) is 4.79 Å². The van der Waals surface area contributed by atoms with Gasteiger partial charge in [0.2, 0.25) is 0 Å². The highest BCUT2D eigenvalue weighted by Crippen LogP contribution is 2.27. The van der Waals surface area contributed by atoms with Gasteiger partial charge in [-0.25, -0.2) is 0 Å². The van der Waals surface area contributed by atoms with Crippen molar-refractivity contribution >= 4 is 11.6 Å². The summed E-state index contributed by atoms with van der Waals surface area (Å²) < 4.78 is 0. The number of carbonyl (C=O) groups excluding carboxylic acids is 1. The van der Waals surface area contributed by atoms with Gasteiger partial charge >= 0.3 is 0 Å². The molecule has 0 radical (unpaired) electrons. The molecule has 0 atom stereocenters. The number of anilines is 1. The summed E-state index contributed by atoms with van der Waals surface area (Å²) in [5.74, 6) is 0.532. The van der Waals surface area contributed by atoms with Crippen LogP contribution in [0.25, 0.3) is 0 Å². The summed E-state index contributed by atoms with van der Waals surface area (Å²) in [4.78, 5) is 17.8. The second kappa shape index (κ2) is 7.71. The number of rotatable bonds is 4. The molecule has 130 valence electrons. The van der Waals surface area contributed by atoms with Gasteiger partial charge in [-0.1, -0.05) is 43.0 Å². The molecule has 2 rings (SSSR count). The summed E-state index contributed by atoms with van der Waals surface area (Å²) in [5.41, 5.74) is 3.32. The van der Waals surface area contributed by atoms with Crippen LogP contribution < -0.4 is 4.90 Å². The lowest BCUT2D eigenvalue weighted by molar-refractivity contribution is -0.126. The van der Waals surface area contributed by atoms with Crippen molar-refractivity contribution in [1.29, 1.82) is 0 Å². The van der Waals surface area contributed by atoms with Gasteiger partial charge in [0.25, 0.3) is 5.91 Å². The van der Waals surface area contributed by atoms with Crippen molar-refractivity contribution in [3.63, 3.8) is 0 Å². The number of allylic oxidation sites excluding steroid dienone is 4. The van der Waals surface area contributed by atoms with Gasteiger partial charge in [0.1, 0.15) is 5.82 Å². The zero-order valence-corrected chi connectivity index (χ0v) is 15.4. The second-order valence-corrected chi connectivity index (χ2v) is 6.04. The normalized spacial score (nSPS) is 17.8. The molecule has 1 aliphatic rings. The van der Waals surface area contributed by atoms with E-state index in [1.165, 1.54) is 4.90 Å². The third kappa shape index (κ3) is 4.10. The summed E-state index contributed by atoms with van der Waals surface area (Å²) in [6.07, 6.45) is 7.77. The minimum Gasteiger partial charge on any atom is -0.351 e. The van der Waals surface area contributed by atoms with Crippen molar-refractivity contribution in [2.75, 3.05) is 26.0 Å². The summed E-state index contributed by atoms with van der Waals surface area (Å²) in [6, 6.07) is 10.1. The topological polar surface area (TPSA) is 26.8 Å². The number of carbonyl (C=O) groups is 1. The molecule has 0 N–H and O–H groups in total. The van der Waals surface area contributed by atoms with E-state index in [1.54, 1.807) is 7.05 Å². The van der Waals surface area contributed by atoms with E-state index >= 15 is 0 Å². The van der Waals surface area contributed by atoms with Crippen LogP contribution in [0, 0.1) is 0 Å². The summed E-state index contributed by atoms with van der Waals surface area (Å²) in [5, 5.41) is 0. The Hall–Kier alpha value is -3.01. The number of likely N-dealkylation sites (N-methyl/N-ethyl adjacent to an activating group) is 2. The maximum absolute atomic E-state index is 12.5. The molecule has 4 nitrogen and oxygen atoms in total. The first-order valence-corrected chi connectivity index (χ1v) is 8.07. The molecular formula is C21H25N3O. The molecule has 0 spiro atoms. The molecule has 1 heterocycles. The first kappa shape index (κ1) is 18.3. The average molecular weight is 335 g/mol. The maximum Gasteiger partial charge on any atom is 0.261 e. The van der Waals surface area contributed by atoms with Gasteiger partial charge in [-0.2, -0.15) is 0 Å². The molecular weight excluding hydrogens is 310 g/mol. The quantitative estimate of drug-likeness (QED) is 0.617. The first-order chi connectivity index (χ1) is 11.8. The molecule has 0 unspecified atom stereocenters. The van der Waals surface area contributed by atoms with E-state index in [1.807, 2.05) is 85.6 Å². The fourth-order valence-corrected chi connectivity index (χ4v) is 2.48. The largest absolute Gasteiger partial charge is 0.351 e. The molecule has 1 aromatic carbocycles. The van der Waals surface area contributed by atoms with Crippen LogP contribution in [0.5, 0.6) is 0 Å². The molecule has 1 aliphatic heterocycles. The van der Waals surface area contributed by atoms with Crippen molar-refractivity contribution < 1.29 is 4.79 Å². The number of para-hydroxylation sites is 1. The van der Waals surface area contributed by atoms with E-state index < -0.39 is 0 Å². The van der Waals surface area contributed by atoms with Crippen molar-refractivity contribution in [3.05, 3.63) is 90.6 Å². The van der Waals surface area contributed by atoms with E-state index in [-0.39, 0.29) is 5.91 Å². The van der Waals surface area contributed by atoms with Gasteiger partial charge in [0.05, 0.1) is 5.57 Å². The molecule has 1 amide bonds. The third-order valence-corrected chi connectivity index (χ3v) is 4.23. The third-order valence-electron chi connectivity index (χ3n) is 4.23. The van der Waals surface area contributed by atoms with Crippen molar-refractivity contribution in [2.24, 2.45) is 0 Å². The number of benzene rings is 1. The summed E-state index contributed by atoms with van der Waals surface area (Å²) >= 11 is 0. The molecule has 0 aromatic heterocycles. The Kier molecular flexibility index (Phi) is 5.65. The fraction of sp³-hybridized carbons (Fsp3) is 0.190. The highest BCUT2D eigenvalue weighted by atomic mass is 16.2. The standard InChI is InChI=1S/C21H25N3O/c1-16(11-10-14-22(4)19-12-8-7-9-13-19)15-20-17(2)23(5)18(3)24(6)21(20)25/h7-15H,2-3H2,1,4-6H3/b14-10+,16-11+,20-15+. The Labute approximate surface area is 150 Å². The van der Waals surface area contributed by atoms with Gasteiger partial charge in [-0.3, -0.25) is 9.69 Å². The van der Waals surface area contributed by atoms with Crippen LogP contribution >= 0.6 is 0 Å². The first-order valence-electron chi connectivity index (χ1n) is 8.07. The predicted molar refractivity (Wildman–Crippen MR) is 105 cm³/mol. The molecule has 1 fully saturated rings. The molecule has 4 heteroatoms. The predicted octanol–water partition coefficient (Wildman–Crippen LogP) is 3.90. The van der Waals surface area contributed by atoms with Crippen LogP contribution in [0.2, 0.25) is 0 Å². The zero-order valence-electron chi connectivity index (χ0n) is 15.4. The van der Waals surface area contributed by atoms with Gasteiger partial charge in [-0.15, -0.1) is 0 Å². The van der Waals surface area contributed by atoms with Gasteiger partial charge in [-0.05, 0) is 31.2 Å². The fourth-order valence-electron chi connectivity index (χ4n) is 2.48. The Morgan fingerprint density at radius 3 is 2.40 bits per heavy atom. The number of nitrogens with zero attached hydrogens (tertiary/aromatic N) is 3. The van der Waals surface area contributed by atoms with E-state index in [4.69, 9.17) is 0 Å². The van der Waals surface area contributed by atoms with Crippen molar-refractivity contribution in [2.45, 2.75) is 6.92 Å². The zero-order chi connectivity index (χ0) is 18.6. The average Bonchev–Trinajstić information content (AvgIpc) is 2.62. The Bertz CT molecular complexity index is 746. The smallest absolute Gasteiger partial charge is 0.261 e. The van der Waals surface area contributed by atoms with Crippen molar-refractivity contribution in [3.8, 4) is 0 Å². The minimum absolute atomic E-state index is 0.0915. The van der Waals surface area contributed by atoms with Crippen LogP contribution in [-0.4, -0.2) is 36.9 Å². The van der Waals surface area contributed by atoms with E-state index in [0.717, 1.165) is 11.3 Å². The van der Waals surface area contributed by atoms with Gasteiger partial charge < -0.3 is 9.80 Å². The molecule has 25 heavy (non-hydrogen) atoms. The number of hydrogen-bond donors (Lipinski definition) is 0. The number of hydrogen-bond acceptors (Lipinski definition) is 3. The summed E-state index contributed by atoms with van der Waals surface area (Å²) in [7, 11) is 5.57. The lowest BCUT2D eigenvalue weighted by atomic mass is 10.0. The molecule has 0 aliphatic carbocycles. The van der Waals surface area contributed by atoms with E-state index in [2.05, 4.69) is 13.2 Å². The molecule has 0 saturated carbocycles. The Balaban J connectivity index is 2.15. The number of amides is 1. The Morgan fingerprint density at radius 1 is 1.12 bits per heavy atom. The maximum atomic E-state index is 12.5. The Morgan fingerprint density at radius 2 is 1.76 bits per heavy atom. The highest BCUT2D eigenvalue weighted by molar-refractivity contribution is 6.00.